The molecule has 1 aromatic rings. The van der Waals surface area contributed by atoms with Gasteiger partial charge in [0.2, 0.25) is 0 Å². The van der Waals surface area contributed by atoms with Crippen LogP contribution in [-0.4, -0.2) is 39.7 Å². The second-order valence-electron chi connectivity index (χ2n) is 4.64. The van der Waals surface area contributed by atoms with Crippen LogP contribution in [0.3, 0.4) is 0 Å². The molecular weight excluding hydrogens is 266 g/mol. The van der Waals surface area contributed by atoms with Gasteiger partial charge in [-0.1, -0.05) is 0 Å². The summed E-state index contributed by atoms with van der Waals surface area (Å²) in [5.74, 6) is 0.219. The Labute approximate surface area is 113 Å². The van der Waals surface area contributed by atoms with E-state index in [4.69, 9.17) is 4.74 Å². The standard InChI is InChI=1S/C12H19N3O3S/c1-9(10-5-7-18-8-10)15-19(16,17)12-11(13-2)4-3-6-14-12/h3-4,6,9-10,13,15H,5,7-8H2,1-2H3. The van der Waals surface area contributed by atoms with Crippen LogP contribution in [0.15, 0.2) is 23.4 Å². The minimum absolute atomic E-state index is 0.0308. The van der Waals surface area contributed by atoms with E-state index < -0.39 is 10.0 Å². The van der Waals surface area contributed by atoms with E-state index in [2.05, 4.69) is 15.0 Å². The van der Waals surface area contributed by atoms with Crippen LogP contribution in [0.2, 0.25) is 0 Å². The van der Waals surface area contributed by atoms with E-state index in [1.165, 1.54) is 6.20 Å². The highest BCUT2D eigenvalue weighted by molar-refractivity contribution is 7.89. The van der Waals surface area contributed by atoms with Crippen LogP contribution in [0.25, 0.3) is 0 Å². The first-order chi connectivity index (χ1) is 9.04. The minimum atomic E-state index is -3.62. The van der Waals surface area contributed by atoms with E-state index in [0.717, 1.165) is 6.42 Å². The molecule has 0 amide bonds. The third-order valence-electron chi connectivity index (χ3n) is 3.31. The zero-order chi connectivity index (χ0) is 13.9. The summed E-state index contributed by atoms with van der Waals surface area (Å²) < 4.78 is 32.6. The zero-order valence-corrected chi connectivity index (χ0v) is 11.9. The predicted molar refractivity (Wildman–Crippen MR) is 72.5 cm³/mol. The van der Waals surface area contributed by atoms with Gasteiger partial charge in [-0.15, -0.1) is 0 Å². The Morgan fingerprint density at radius 2 is 2.32 bits per heavy atom. The molecule has 0 aliphatic carbocycles. The molecule has 1 fully saturated rings. The number of rotatable bonds is 5. The maximum Gasteiger partial charge on any atom is 0.260 e. The SMILES string of the molecule is CNc1cccnc1S(=O)(=O)NC(C)C1CCOC1. The Balaban J connectivity index is 2.17. The molecule has 1 saturated heterocycles. The van der Waals surface area contributed by atoms with Crippen LogP contribution >= 0.6 is 0 Å². The van der Waals surface area contributed by atoms with Crippen molar-refractivity contribution in [2.75, 3.05) is 25.6 Å². The van der Waals surface area contributed by atoms with Gasteiger partial charge >= 0.3 is 0 Å². The lowest BCUT2D eigenvalue weighted by molar-refractivity contribution is 0.180. The fraction of sp³-hybridized carbons (Fsp3) is 0.583. The molecule has 1 aromatic heterocycles. The van der Waals surface area contributed by atoms with Crippen LogP contribution in [-0.2, 0) is 14.8 Å². The highest BCUT2D eigenvalue weighted by atomic mass is 32.2. The largest absolute Gasteiger partial charge is 0.386 e. The van der Waals surface area contributed by atoms with Crippen molar-refractivity contribution in [2.45, 2.75) is 24.4 Å². The molecule has 2 unspecified atom stereocenters. The minimum Gasteiger partial charge on any atom is -0.386 e. The number of hydrogen-bond acceptors (Lipinski definition) is 5. The van der Waals surface area contributed by atoms with Crippen LogP contribution in [0.1, 0.15) is 13.3 Å². The van der Waals surface area contributed by atoms with Gasteiger partial charge in [-0.05, 0) is 25.5 Å². The van der Waals surface area contributed by atoms with E-state index in [-0.39, 0.29) is 17.0 Å². The Hall–Kier alpha value is -1.18. The van der Waals surface area contributed by atoms with Crippen molar-refractivity contribution in [3.8, 4) is 0 Å². The molecule has 1 aliphatic rings. The molecular formula is C12H19N3O3S. The van der Waals surface area contributed by atoms with Crippen molar-refractivity contribution in [1.82, 2.24) is 9.71 Å². The normalized spacial score (nSPS) is 21.3. The van der Waals surface area contributed by atoms with Gasteiger partial charge in [0, 0.05) is 31.8 Å². The number of nitrogens with one attached hydrogen (secondary N) is 2. The highest BCUT2D eigenvalue weighted by Gasteiger charge is 2.28. The molecule has 0 radical (unpaired) electrons. The summed E-state index contributed by atoms with van der Waals surface area (Å²) in [6.07, 6.45) is 2.35. The highest BCUT2D eigenvalue weighted by Crippen LogP contribution is 2.21. The fourth-order valence-corrected chi connectivity index (χ4v) is 3.59. The van der Waals surface area contributed by atoms with Gasteiger partial charge in [-0.2, -0.15) is 0 Å². The third kappa shape index (κ3) is 3.23. The van der Waals surface area contributed by atoms with E-state index in [1.807, 2.05) is 6.92 Å². The van der Waals surface area contributed by atoms with E-state index in [0.29, 0.717) is 18.9 Å². The van der Waals surface area contributed by atoms with Crippen LogP contribution in [0.5, 0.6) is 0 Å². The second-order valence-corrected chi connectivity index (χ2v) is 6.27. The second kappa shape index (κ2) is 5.85. The summed E-state index contributed by atoms with van der Waals surface area (Å²) >= 11 is 0. The van der Waals surface area contributed by atoms with Gasteiger partial charge in [0.05, 0.1) is 12.3 Å². The molecule has 106 valence electrons. The average Bonchev–Trinajstić information content (AvgIpc) is 2.92. The lowest BCUT2D eigenvalue weighted by atomic mass is 10.0. The summed E-state index contributed by atoms with van der Waals surface area (Å²) in [5.41, 5.74) is 0.491. The number of pyridine rings is 1. The van der Waals surface area contributed by atoms with Gasteiger partial charge in [-0.25, -0.2) is 18.1 Å². The lowest BCUT2D eigenvalue weighted by Crippen LogP contribution is -2.38. The third-order valence-corrected chi connectivity index (χ3v) is 4.82. The lowest BCUT2D eigenvalue weighted by Gasteiger charge is -2.19. The fourth-order valence-electron chi connectivity index (χ4n) is 2.14. The Morgan fingerprint density at radius 3 is 2.95 bits per heavy atom. The molecule has 2 atom stereocenters. The number of ether oxygens (including phenoxy) is 1. The summed E-state index contributed by atoms with van der Waals surface area (Å²) in [4.78, 5) is 3.96. The summed E-state index contributed by atoms with van der Waals surface area (Å²) in [6.45, 7) is 3.16. The molecule has 0 bridgehead atoms. The Kier molecular flexibility index (Phi) is 4.38. The monoisotopic (exact) mass is 285 g/mol. The first-order valence-electron chi connectivity index (χ1n) is 6.27. The van der Waals surface area contributed by atoms with Crippen LogP contribution in [0, 0.1) is 5.92 Å². The predicted octanol–water partition coefficient (Wildman–Crippen LogP) is 0.827. The molecule has 0 saturated carbocycles. The molecule has 6 nitrogen and oxygen atoms in total. The van der Waals surface area contributed by atoms with E-state index in [9.17, 15) is 8.42 Å². The maximum absolute atomic E-state index is 12.3. The first-order valence-corrected chi connectivity index (χ1v) is 7.76. The van der Waals surface area contributed by atoms with Crippen molar-refractivity contribution in [1.29, 1.82) is 0 Å². The molecule has 2 rings (SSSR count). The van der Waals surface area contributed by atoms with Crippen molar-refractivity contribution in [3.05, 3.63) is 18.3 Å². The molecule has 0 aromatic carbocycles. The summed E-state index contributed by atoms with van der Waals surface area (Å²) in [6, 6.07) is 3.21. The van der Waals surface area contributed by atoms with Crippen molar-refractivity contribution >= 4 is 15.7 Å². The van der Waals surface area contributed by atoms with Crippen LogP contribution in [0.4, 0.5) is 5.69 Å². The van der Waals surface area contributed by atoms with Gasteiger partial charge in [0.1, 0.15) is 0 Å². The molecule has 7 heteroatoms. The van der Waals surface area contributed by atoms with Gasteiger partial charge in [-0.3, -0.25) is 0 Å². The molecule has 2 heterocycles. The number of aromatic nitrogens is 1. The number of hydrogen-bond donors (Lipinski definition) is 2. The molecule has 19 heavy (non-hydrogen) atoms. The Morgan fingerprint density at radius 1 is 1.53 bits per heavy atom. The molecule has 0 spiro atoms. The van der Waals surface area contributed by atoms with Gasteiger partial charge in [0.15, 0.2) is 5.03 Å². The number of nitrogens with zero attached hydrogens (tertiary/aromatic N) is 1. The summed E-state index contributed by atoms with van der Waals surface area (Å²) in [7, 11) is -1.95. The molecule has 1 aliphatic heterocycles. The van der Waals surface area contributed by atoms with Crippen LogP contribution < -0.4 is 10.0 Å². The average molecular weight is 285 g/mol. The maximum atomic E-state index is 12.3. The van der Waals surface area contributed by atoms with E-state index >= 15 is 0 Å². The topological polar surface area (TPSA) is 80.3 Å². The van der Waals surface area contributed by atoms with Gasteiger partial charge < -0.3 is 10.1 Å². The number of anilines is 1. The van der Waals surface area contributed by atoms with E-state index in [1.54, 1.807) is 19.2 Å². The zero-order valence-electron chi connectivity index (χ0n) is 11.1. The first kappa shape index (κ1) is 14.2. The van der Waals surface area contributed by atoms with Crippen molar-refractivity contribution < 1.29 is 13.2 Å². The Bertz CT molecular complexity index is 527. The van der Waals surface area contributed by atoms with Crippen molar-refractivity contribution in [2.24, 2.45) is 5.92 Å². The number of sulfonamides is 1. The molecule has 2 N–H and O–H groups in total. The smallest absolute Gasteiger partial charge is 0.260 e. The quantitative estimate of drug-likeness (QED) is 0.837. The van der Waals surface area contributed by atoms with Crippen molar-refractivity contribution in [3.63, 3.8) is 0 Å². The van der Waals surface area contributed by atoms with Gasteiger partial charge in [0.25, 0.3) is 10.0 Å². The summed E-state index contributed by atoms with van der Waals surface area (Å²) in [5, 5.41) is 2.87.